The van der Waals surface area contributed by atoms with Crippen molar-refractivity contribution in [2.45, 2.75) is 31.7 Å². The molecule has 0 saturated heterocycles. The molecule has 0 spiro atoms. The number of hydrogen-bond acceptors (Lipinski definition) is 2. The summed E-state index contributed by atoms with van der Waals surface area (Å²) in [5, 5.41) is 1.26. The number of nitrogens with zero attached hydrogens (tertiary/aromatic N) is 2. The molecule has 0 saturated carbocycles. The Kier molecular flexibility index (Phi) is 3.16. The van der Waals surface area contributed by atoms with Crippen LogP contribution in [0.4, 0.5) is 0 Å². The molecular weight excluding hydrogens is 308 g/mol. The first-order valence-corrected chi connectivity index (χ1v) is 9.05. The Morgan fingerprint density at radius 2 is 1.88 bits per heavy atom. The summed E-state index contributed by atoms with van der Waals surface area (Å²) in [6.07, 6.45) is 0.912. The van der Waals surface area contributed by atoms with Crippen LogP contribution in [0.1, 0.15) is 45.4 Å². The third-order valence-electron chi connectivity index (χ3n) is 5.86. The molecule has 3 aromatic rings. The van der Waals surface area contributed by atoms with Crippen LogP contribution in [0.5, 0.6) is 0 Å². The maximum atomic E-state index is 13.4. The van der Waals surface area contributed by atoms with Gasteiger partial charge >= 0.3 is 0 Å². The molecule has 2 aliphatic heterocycles. The second-order valence-corrected chi connectivity index (χ2v) is 7.65. The van der Waals surface area contributed by atoms with Crippen LogP contribution >= 0.6 is 0 Å². The largest absolute Gasteiger partial charge is 0.301 e. The minimum atomic E-state index is -0.0463. The van der Waals surface area contributed by atoms with E-state index in [0.29, 0.717) is 5.92 Å². The molecule has 1 aromatic heterocycles. The highest BCUT2D eigenvalue weighted by Crippen LogP contribution is 2.45. The average molecular weight is 330 g/mol. The fourth-order valence-electron chi connectivity index (χ4n) is 4.81. The first-order valence-electron chi connectivity index (χ1n) is 9.05. The topological polar surface area (TPSA) is 25.2 Å². The van der Waals surface area contributed by atoms with Gasteiger partial charge < -0.3 is 4.90 Å². The van der Waals surface area contributed by atoms with Gasteiger partial charge in [-0.3, -0.25) is 9.36 Å². The van der Waals surface area contributed by atoms with Crippen molar-refractivity contribution in [1.29, 1.82) is 0 Å². The zero-order valence-electron chi connectivity index (χ0n) is 14.7. The molecule has 0 radical (unpaired) electrons. The molecule has 2 aliphatic rings. The van der Waals surface area contributed by atoms with Crippen LogP contribution in [-0.2, 0) is 6.54 Å². The second-order valence-electron chi connectivity index (χ2n) is 7.65. The van der Waals surface area contributed by atoms with Crippen LogP contribution in [0.15, 0.2) is 48.5 Å². The lowest BCUT2D eigenvalue weighted by Crippen LogP contribution is -2.38. The summed E-state index contributed by atoms with van der Waals surface area (Å²) in [5.74, 6) is 0.612. The van der Waals surface area contributed by atoms with Crippen LogP contribution in [0.25, 0.3) is 10.9 Å². The summed E-state index contributed by atoms with van der Waals surface area (Å²) in [5.41, 5.74) is 6.11. The molecule has 3 heterocycles. The molecule has 2 atom stereocenters. The van der Waals surface area contributed by atoms with Gasteiger partial charge in [-0.2, -0.15) is 0 Å². The van der Waals surface area contributed by atoms with Gasteiger partial charge in [0.25, 0.3) is 0 Å². The SMILES string of the molecule is Cc1ccc2c(c1)c1c3n2C(=O)C(c2ccccc2)CC3CN(C)C1. The van der Waals surface area contributed by atoms with Crippen molar-refractivity contribution in [3.8, 4) is 0 Å². The summed E-state index contributed by atoms with van der Waals surface area (Å²) in [4.78, 5) is 15.8. The number of carbonyl (C=O) groups excluding carboxylic acids is 1. The van der Waals surface area contributed by atoms with E-state index in [1.54, 1.807) is 0 Å². The smallest absolute Gasteiger partial charge is 0.238 e. The normalized spacial score (nSPS) is 23.0. The third kappa shape index (κ3) is 2.12. The second kappa shape index (κ2) is 5.30. The minimum Gasteiger partial charge on any atom is -0.301 e. The molecule has 0 N–H and O–H groups in total. The molecule has 2 unspecified atom stereocenters. The molecule has 0 fully saturated rings. The van der Waals surface area contributed by atoms with Gasteiger partial charge in [0.15, 0.2) is 0 Å². The van der Waals surface area contributed by atoms with E-state index in [1.165, 1.54) is 22.2 Å². The number of fused-ring (bicyclic) bond motifs is 3. The van der Waals surface area contributed by atoms with E-state index >= 15 is 0 Å². The van der Waals surface area contributed by atoms with Gasteiger partial charge in [0.2, 0.25) is 5.91 Å². The number of likely N-dealkylation sites (N-methyl/N-ethyl adjacent to an activating group) is 1. The van der Waals surface area contributed by atoms with Gasteiger partial charge in [-0.15, -0.1) is 0 Å². The van der Waals surface area contributed by atoms with Gasteiger partial charge in [0, 0.05) is 30.1 Å². The van der Waals surface area contributed by atoms with Crippen LogP contribution < -0.4 is 0 Å². The summed E-state index contributed by atoms with van der Waals surface area (Å²) in [7, 11) is 2.19. The van der Waals surface area contributed by atoms with Gasteiger partial charge in [0.05, 0.1) is 11.4 Å². The van der Waals surface area contributed by atoms with Crippen LogP contribution in [0.3, 0.4) is 0 Å². The van der Waals surface area contributed by atoms with E-state index in [4.69, 9.17) is 0 Å². The van der Waals surface area contributed by atoms with E-state index < -0.39 is 0 Å². The Morgan fingerprint density at radius 3 is 2.68 bits per heavy atom. The number of rotatable bonds is 1. The summed E-state index contributed by atoms with van der Waals surface area (Å²) < 4.78 is 2.04. The van der Waals surface area contributed by atoms with E-state index in [9.17, 15) is 4.79 Å². The molecule has 3 heteroatoms. The Labute approximate surface area is 147 Å². The van der Waals surface area contributed by atoms with Gasteiger partial charge in [-0.05, 0) is 43.7 Å². The van der Waals surface area contributed by atoms with Gasteiger partial charge in [-0.1, -0.05) is 42.0 Å². The Hall–Kier alpha value is -2.39. The molecular formula is C22H22N2O. The molecule has 126 valence electrons. The first kappa shape index (κ1) is 14.9. The molecule has 2 aromatic carbocycles. The fourth-order valence-corrected chi connectivity index (χ4v) is 4.81. The Balaban J connectivity index is 1.77. The van der Waals surface area contributed by atoms with E-state index in [1.807, 2.05) is 22.8 Å². The van der Waals surface area contributed by atoms with E-state index in [-0.39, 0.29) is 11.8 Å². The fraction of sp³-hybridized carbons (Fsp3) is 0.318. The summed E-state index contributed by atoms with van der Waals surface area (Å²) in [6.45, 7) is 4.09. The molecule has 3 nitrogen and oxygen atoms in total. The van der Waals surface area contributed by atoms with Crippen molar-refractivity contribution < 1.29 is 4.79 Å². The number of hydrogen-bond donors (Lipinski definition) is 0. The van der Waals surface area contributed by atoms with E-state index in [0.717, 1.165) is 30.6 Å². The molecule has 25 heavy (non-hydrogen) atoms. The van der Waals surface area contributed by atoms with Crippen molar-refractivity contribution in [2.24, 2.45) is 0 Å². The molecule has 0 amide bonds. The number of aryl methyl sites for hydroxylation is 1. The highest BCUT2D eigenvalue weighted by Gasteiger charge is 2.40. The lowest BCUT2D eigenvalue weighted by Gasteiger charge is -2.37. The lowest BCUT2D eigenvalue weighted by molar-refractivity contribution is 0.0835. The van der Waals surface area contributed by atoms with Crippen LogP contribution in [0.2, 0.25) is 0 Å². The predicted molar refractivity (Wildman–Crippen MR) is 100 cm³/mol. The third-order valence-corrected chi connectivity index (χ3v) is 5.86. The first-order chi connectivity index (χ1) is 12.1. The van der Waals surface area contributed by atoms with Crippen LogP contribution in [0, 0.1) is 6.92 Å². The Morgan fingerprint density at radius 1 is 1.08 bits per heavy atom. The Bertz CT molecular complexity index is 986. The number of aromatic nitrogens is 1. The quantitative estimate of drug-likeness (QED) is 0.664. The zero-order chi connectivity index (χ0) is 17.1. The lowest BCUT2D eigenvalue weighted by atomic mass is 9.80. The predicted octanol–water partition coefficient (Wildman–Crippen LogP) is 4.31. The minimum absolute atomic E-state index is 0.0463. The maximum absolute atomic E-state index is 13.4. The van der Waals surface area contributed by atoms with Crippen molar-refractivity contribution in [3.63, 3.8) is 0 Å². The summed E-state index contributed by atoms with van der Waals surface area (Å²) >= 11 is 0. The van der Waals surface area contributed by atoms with E-state index in [2.05, 4.69) is 49.2 Å². The summed E-state index contributed by atoms with van der Waals surface area (Å²) in [6, 6.07) is 16.8. The highest BCUT2D eigenvalue weighted by molar-refractivity contribution is 6.00. The van der Waals surface area contributed by atoms with Crippen LogP contribution in [-0.4, -0.2) is 29.0 Å². The van der Waals surface area contributed by atoms with Crippen molar-refractivity contribution in [3.05, 3.63) is 70.9 Å². The highest BCUT2D eigenvalue weighted by atomic mass is 16.2. The standard InChI is InChI=1S/C22H22N2O/c1-14-8-9-20-18(10-14)19-13-23(2)12-16-11-17(15-6-4-3-5-7-15)22(25)24(20)21(16)19/h3-10,16-17H,11-13H2,1-2H3. The van der Waals surface area contributed by atoms with Gasteiger partial charge in [0.1, 0.15) is 0 Å². The molecule has 0 bridgehead atoms. The maximum Gasteiger partial charge on any atom is 0.238 e. The van der Waals surface area contributed by atoms with Gasteiger partial charge in [-0.25, -0.2) is 0 Å². The monoisotopic (exact) mass is 330 g/mol. The molecule has 0 aliphatic carbocycles. The van der Waals surface area contributed by atoms with Crippen molar-refractivity contribution >= 4 is 16.8 Å². The van der Waals surface area contributed by atoms with Crippen molar-refractivity contribution in [1.82, 2.24) is 9.47 Å². The number of benzene rings is 2. The van der Waals surface area contributed by atoms with Crippen molar-refractivity contribution in [2.75, 3.05) is 13.6 Å². The average Bonchev–Trinajstić information content (AvgIpc) is 2.93. The zero-order valence-corrected chi connectivity index (χ0v) is 14.7. The molecule has 5 rings (SSSR count). The number of carbonyl (C=O) groups is 1.